The number of amides is 2. The molecule has 2 aromatic rings. The molecule has 1 aliphatic rings. The van der Waals surface area contributed by atoms with Crippen LogP contribution in [0.2, 0.25) is 0 Å². The standard InChI is InChI=1S/C20H29N5O2S/c1-12-10-28-11-13(12)17-22-15(14-9-24(6)7-8-25(14)17)18(26)23-16(19(27)21-5)20(2,3)4/h10-11,16H,7-9H2,1-6H3,(H,21,27)(H,23,26). The Labute approximate surface area is 170 Å². The van der Waals surface area contributed by atoms with Gasteiger partial charge >= 0.3 is 0 Å². The summed E-state index contributed by atoms with van der Waals surface area (Å²) in [6.45, 7) is 10.2. The van der Waals surface area contributed by atoms with Crippen molar-refractivity contribution in [1.29, 1.82) is 0 Å². The number of nitrogens with zero attached hydrogens (tertiary/aromatic N) is 3. The largest absolute Gasteiger partial charge is 0.357 e. The van der Waals surface area contributed by atoms with Crippen LogP contribution in [0.25, 0.3) is 11.4 Å². The number of likely N-dealkylation sites (N-methyl/N-ethyl adjacent to an activating group) is 2. The summed E-state index contributed by atoms with van der Waals surface area (Å²) in [6.07, 6.45) is 0. The molecule has 0 bridgehead atoms. The highest BCUT2D eigenvalue weighted by atomic mass is 32.1. The maximum Gasteiger partial charge on any atom is 0.272 e. The summed E-state index contributed by atoms with van der Waals surface area (Å²) < 4.78 is 2.15. The van der Waals surface area contributed by atoms with Gasteiger partial charge in [-0.1, -0.05) is 20.8 Å². The molecule has 8 heteroatoms. The molecule has 2 N–H and O–H groups in total. The summed E-state index contributed by atoms with van der Waals surface area (Å²) in [6, 6.07) is -0.644. The molecular formula is C20H29N5O2S. The summed E-state index contributed by atoms with van der Waals surface area (Å²) >= 11 is 1.63. The van der Waals surface area contributed by atoms with E-state index in [1.807, 2.05) is 27.8 Å². The Morgan fingerprint density at radius 3 is 2.54 bits per heavy atom. The minimum Gasteiger partial charge on any atom is -0.357 e. The molecule has 2 amide bonds. The quantitative estimate of drug-likeness (QED) is 0.821. The van der Waals surface area contributed by atoms with E-state index in [9.17, 15) is 9.59 Å². The average Bonchev–Trinajstić information content (AvgIpc) is 3.20. The first-order valence-electron chi connectivity index (χ1n) is 9.47. The van der Waals surface area contributed by atoms with Gasteiger partial charge in [0.1, 0.15) is 11.9 Å². The summed E-state index contributed by atoms with van der Waals surface area (Å²) in [4.78, 5) is 32.5. The highest BCUT2D eigenvalue weighted by Crippen LogP contribution is 2.30. The Kier molecular flexibility index (Phi) is 5.63. The molecule has 3 heterocycles. The van der Waals surface area contributed by atoms with Gasteiger partial charge in [-0.05, 0) is 30.3 Å². The van der Waals surface area contributed by atoms with Gasteiger partial charge in [-0.15, -0.1) is 0 Å². The lowest BCUT2D eigenvalue weighted by atomic mass is 9.86. The molecule has 7 nitrogen and oxygen atoms in total. The van der Waals surface area contributed by atoms with Crippen LogP contribution in [0.5, 0.6) is 0 Å². The molecule has 1 aliphatic heterocycles. The number of imidazole rings is 1. The molecule has 3 rings (SSSR count). The van der Waals surface area contributed by atoms with Crippen LogP contribution in [0, 0.1) is 12.3 Å². The van der Waals surface area contributed by atoms with Crippen molar-refractivity contribution in [2.75, 3.05) is 20.6 Å². The van der Waals surface area contributed by atoms with E-state index in [2.05, 4.69) is 37.8 Å². The van der Waals surface area contributed by atoms with Crippen molar-refractivity contribution >= 4 is 23.2 Å². The molecular weight excluding hydrogens is 374 g/mol. The van der Waals surface area contributed by atoms with E-state index in [0.717, 1.165) is 35.7 Å². The molecule has 0 saturated heterocycles. The number of carbonyl (C=O) groups is 2. The number of fused-ring (bicyclic) bond motifs is 1. The van der Waals surface area contributed by atoms with Crippen molar-refractivity contribution < 1.29 is 9.59 Å². The zero-order valence-electron chi connectivity index (χ0n) is 17.4. The monoisotopic (exact) mass is 403 g/mol. The number of carbonyl (C=O) groups excluding carboxylic acids is 2. The second-order valence-corrected chi connectivity index (χ2v) is 9.22. The predicted octanol–water partition coefficient (Wildman–Crippen LogP) is 2.26. The van der Waals surface area contributed by atoms with Crippen LogP contribution in [0.15, 0.2) is 10.8 Å². The molecule has 0 aliphatic carbocycles. The maximum absolute atomic E-state index is 13.2. The summed E-state index contributed by atoms with van der Waals surface area (Å²) in [5, 5.41) is 9.73. The summed E-state index contributed by atoms with van der Waals surface area (Å²) in [5.74, 6) is 0.320. The maximum atomic E-state index is 13.2. The first-order chi connectivity index (χ1) is 13.1. The molecule has 28 heavy (non-hydrogen) atoms. The van der Waals surface area contributed by atoms with Crippen molar-refractivity contribution in [3.8, 4) is 11.4 Å². The molecule has 0 radical (unpaired) electrons. The van der Waals surface area contributed by atoms with Crippen molar-refractivity contribution in [3.63, 3.8) is 0 Å². The minimum absolute atomic E-state index is 0.208. The van der Waals surface area contributed by atoms with Gasteiger partial charge in [0, 0.05) is 37.6 Å². The van der Waals surface area contributed by atoms with Gasteiger partial charge in [0.2, 0.25) is 5.91 Å². The van der Waals surface area contributed by atoms with Gasteiger partial charge in [-0.3, -0.25) is 14.5 Å². The summed E-state index contributed by atoms with van der Waals surface area (Å²) in [7, 11) is 3.62. The fraction of sp³-hybridized carbons (Fsp3) is 0.550. The number of thiophene rings is 1. The van der Waals surface area contributed by atoms with Crippen molar-refractivity contribution in [2.45, 2.75) is 46.8 Å². The van der Waals surface area contributed by atoms with Crippen molar-refractivity contribution in [1.82, 2.24) is 25.1 Å². The third kappa shape index (κ3) is 3.84. The van der Waals surface area contributed by atoms with Crippen molar-refractivity contribution in [3.05, 3.63) is 27.7 Å². The van der Waals surface area contributed by atoms with Crippen molar-refractivity contribution in [2.24, 2.45) is 5.41 Å². The van der Waals surface area contributed by atoms with E-state index >= 15 is 0 Å². The van der Waals surface area contributed by atoms with Crippen LogP contribution in [0.1, 0.15) is 42.5 Å². The number of aryl methyl sites for hydroxylation is 1. The number of hydrogen-bond donors (Lipinski definition) is 2. The fourth-order valence-corrected chi connectivity index (χ4v) is 4.32. The minimum atomic E-state index is -0.644. The van der Waals surface area contributed by atoms with Crippen LogP contribution >= 0.6 is 11.3 Å². The predicted molar refractivity (Wildman–Crippen MR) is 111 cm³/mol. The summed E-state index contributed by atoms with van der Waals surface area (Å²) in [5.41, 5.74) is 3.11. The molecule has 0 saturated carbocycles. The number of aromatic nitrogens is 2. The first kappa shape index (κ1) is 20.5. The Bertz CT molecular complexity index is 893. The molecule has 0 spiro atoms. The number of rotatable bonds is 4. The van der Waals surface area contributed by atoms with Gasteiger partial charge in [0.05, 0.1) is 5.69 Å². The van der Waals surface area contributed by atoms with Crippen LogP contribution in [-0.4, -0.2) is 52.9 Å². The molecule has 2 aromatic heterocycles. The SMILES string of the molecule is CNC(=O)C(NC(=O)c1nc(-c2cscc2C)n2c1CN(C)CC2)C(C)(C)C. The Morgan fingerprint density at radius 1 is 1.25 bits per heavy atom. The van der Waals surface area contributed by atoms with E-state index in [1.54, 1.807) is 18.4 Å². The van der Waals surface area contributed by atoms with Gasteiger partial charge < -0.3 is 15.2 Å². The average molecular weight is 404 g/mol. The van der Waals surface area contributed by atoms with E-state index in [4.69, 9.17) is 4.98 Å². The zero-order valence-corrected chi connectivity index (χ0v) is 18.2. The van der Waals surface area contributed by atoms with Crippen LogP contribution in [0.3, 0.4) is 0 Å². The molecule has 0 fully saturated rings. The molecule has 1 unspecified atom stereocenters. The zero-order chi connectivity index (χ0) is 20.6. The number of nitrogens with one attached hydrogen (secondary N) is 2. The van der Waals surface area contributed by atoms with Gasteiger partial charge in [0.25, 0.3) is 5.91 Å². The number of hydrogen-bond acceptors (Lipinski definition) is 5. The lowest BCUT2D eigenvalue weighted by molar-refractivity contribution is -0.124. The fourth-order valence-electron chi connectivity index (χ4n) is 3.49. The molecule has 1 atom stereocenters. The Balaban J connectivity index is 2.01. The highest BCUT2D eigenvalue weighted by molar-refractivity contribution is 7.08. The molecule has 0 aromatic carbocycles. The Hall–Kier alpha value is -2.19. The smallest absolute Gasteiger partial charge is 0.272 e. The van der Waals surface area contributed by atoms with E-state index in [-0.39, 0.29) is 11.8 Å². The Morgan fingerprint density at radius 2 is 1.96 bits per heavy atom. The third-order valence-electron chi connectivity index (χ3n) is 5.16. The highest BCUT2D eigenvalue weighted by Gasteiger charge is 2.35. The lowest BCUT2D eigenvalue weighted by Gasteiger charge is -2.30. The van der Waals surface area contributed by atoms with E-state index in [1.165, 1.54) is 0 Å². The first-order valence-corrected chi connectivity index (χ1v) is 10.4. The normalized spacial score (nSPS) is 15.8. The van der Waals surface area contributed by atoms with Crippen LogP contribution in [0.4, 0.5) is 0 Å². The molecule has 152 valence electrons. The van der Waals surface area contributed by atoms with Gasteiger partial charge in [-0.2, -0.15) is 11.3 Å². The van der Waals surface area contributed by atoms with E-state index in [0.29, 0.717) is 12.2 Å². The topological polar surface area (TPSA) is 79.3 Å². The third-order valence-corrected chi connectivity index (χ3v) is 6.02. The van der Waals surface area contributed by atoms with E-state index < -0.39 is 11.5 Å². The second kappa shape index (κ2) is 7.67. The van der Waals surface area contributed by atoms with Crippen LogP contribution in [-0.2, 0) is 17.9 Å². The van der Waals surface area contributed by atoms with Gasteiger partial charge in [0.15, 0.2) is 5.69 Å². The van der Waals surface area contributed by atoms with Gasteiger partial charge in [-0.25, -0.2) is 4.98 Å². The van der Waals surface area contributed by atoms with Crippen LogP contribution < -0.4 is 10.6 Å². The second-order valence-electron chi connectivity index (χ2n) is 8.48. The lowest BCUT2D eigenvalue weighted by Crippen LogP contribution is -2.53.